The number of para-hydroxylation sites is 2. The molecule has 2 aromatic carbocycles. The molecule has 1 N–H and O–H groups in total. The van der Waals surface area contributed by atoms with Crippen molar-refractivity contribution >= 4 is 27.9 Å². The van der Waals surface area contributed by atoms with E-state index in [0.717, 1.165) is 27.5 Å². The van der Waals surface area contributed by atoms with Crippen LogP contribution in [0.4, 0.5) is 5.69 Å². The first-order chi connectivity index (χ1) is 12.7. The Hall–Kier alpha value is -3.12. The topological polar surface area (TPSA) is 55.6 Å². The third-order valence-corrected chi connectivity index (χ3v) is 4.88. The van der Waals surface area contributed by atoms with Crippen molar-refractivity contribution in [3.63, 3.8) is 0 Å². The van der Waals surface area contributed by atoms with Crippen LogP contribution in [0.3, 0.4) is 0 Å². The Labute approximate surface area is 154 Å². The first kappa shape index (κ1) is 16.4. The molecular formula is C20H17N3O2S. The molecule has 26 heavy (non-hydrogen) atoms. The van der Waals surface area contributed by atoms with Crippen molar-refractivity contribution < 1.29 is 9.53 Å². The number of hydrogen-bond acceptors (Lipinski definition) is 4. The SMILES string of the molecule is COc1ccccc1CC(=O)Nc1ccccc1-c1cn2ccsc2n1. The minimum Gasteiger partial charge on any atom is -0.496 e. The number of imidazole rings is 1. The van der Waals surface area contributed by atoms with E-state index in [4.69, 9.17) is 4.74 Å². The maximum absolute atomic E-state index is 12.6. The van der Waals surface area contributed by atoms with Crippen LogP contribution < -0.4 is 10.1 Å². The van der Waals surface area contributed by atoms with Gasteiger partial charge in [-0.15, -0.1) is 11.3 Å². The number of hydrogen-bond donors (Lipinski definition) is 1. The number of rotatable bonds is 5. The van der Waals surface area contributed by atoms with Crippen LogP contribution in [0.1, 0.15) is 5.56 Å². The number of ether oxygens (including phenoxy) is 1. The molecule has 0 spiro atoms. The standard InChI is InChI=1S/C20H17N3O2S/c1-25-18-9-5-2-6-14(18)12-19(24)21-16-8-4-3-7-15(16)17-13-23-10-11-26-20(23)22-17/h2-11,13H,12H2,1H3,(H,21,24). The van der Waals surface area contributed by atoms with Gasteiger partial charge in [-0.05, 0) is 12.1 Å². The number of fused-ring (bicyclic) bond motifs is 1. The van der Waals surface area contributed by atoms with Crippen molar-refractivity contribution in [2.75, 3.05) is 12.4 Å². The summed E-state index contributed by atoms with van der Waals surface area (Å²) in [5.41, 5.74) is 3.34. The maximum atomic E-state index is 12.6. The molecule has 0 aliphatic heterocycles. The van der Waals surface area contributed by atoms with E-state index in [2.05, 4.69) is 10.3 Å². The summed E-state index contributed by atoms with van der Waals surface area (Å²) in [4.78, 5) is 18.1. The Morgan fingerprint density at radius 3 is 2.85 bits per heavy atom. The van der Waals surface area contributed by atoms with Crippen LogP contribution >= 0.6 is 11.3 Å². The second kappa shape index (κ2) is 7.01. The lowest BCUT2D eigenvalue weighted by atomic mass is 10.1. The monoisotopic (exact) mass is 363 g/mol. The van der Waals surface area contributed by atoms with E-state index >= 15 is 0 Å². The molecule has 4 aromatic rings. The average Bonchev–Trinajstić information content (AvgIpc) is 3.24. The Bertz CT molecular complexity index is 1040. The molecule has 0 saturated heterocycles. The fourth-order valence-electron chi connectivity index (χ4n) is 2.89. The molecule has 130 valence electrons. The van der Waals surface area contributed by atoms with Gasteiger partial charge in [0.1, 0.15) is 5.75 Å². The van der Waals surface area contributed by atoms with Crippen LogP contribution in [0.25, 0.3) is 16.2 Å². The molecule has 4 rings (SSSR count). The van der Waals surface area contributed by atoms with Gasteiger partial charge in [-0.3, -0.25) is 9.20 Å². The summed E-state index contributed by atoms with van der Waals surface area (Å²) in [6.07, 6.45) is 4.19. The van der Waals surface area contributed by atoms with Gasteiger partial charge in [0, 0.05) is 28.9 Å². The molecule has 0 unspecified atom stereocenters. The minimum absolute atomic E-state index is 0.0945. The Kier molecular flexibility index (Phi) is 4.41. The second-order valence-electron chi connectivity index (χ2n) is 5.80. The highest BCUT2D eigenvalue weighted by Crippen LogP contribution is 2.29. The molecular weight excluding hydrogens is 346 g/mol. The maximum Gasteiger partial charge on any atom is 0.228 e. The van der Waals surface area contributed by atoms with E-state index in [1.54, 1.807) is 18.4 Å². The Balaban J connectivity index is 1.58. The van der Waals surface area contributed by atoms with Gasteiger partial charge in [0.25, 0.3) is 0 Å². The summed E-state index contributed by atoms with van der Waals surface area (Å²) in [7, 11) is 1.61. The van der Waals surface area contributed by atoms with Gasteiger partial charge < -0.3 is 10.1 Å². The molecule has 0 aliphatic carbocycles. The van der Waals surface area contributed by atoms with Crippen LogP contribution in [0.2, 0.25) is 0 Å². The van der Waals surface area contributed by atoms with Crippen LogP contribution in [0, 0.1) is 0 Å². The van der Waals surface area contributed by atoms with Gasteiger partial charge in [-0.25, -0.2) is 4.98 Å². The van der Waals surface area contributed by atoms with Crippen molar-refractivity contribution in [3.05, 3.63) is 71.9 Å². The first-order valence-electron chi connectivity index (χ1n) is 8.18. The van der Waals surface area contributed by atoms with Crippen molar-refractivity contribution in [1.29, 1.82) is 0 Å². The second-order valence-corrected chi connectivity index (χ2v) is 6.67. The van der Waals surface area contributed by atoms with Crippen molar-refractivity contribution in [2.45, 2.75) is 6.42 Å². The summed E-state index contributed by atoms with van der Waals surface area (Å²) in [6, 6.07) is 15.2. The lowest BCUT2D eigenvalue weighted by molar-refractivity contribution is -0.115. The highest BCUT2D eigenvalue weighted by atomic mass is 32.1. The van der Waals surface area contributed by atoms with Crippen LogP contribution in [-0.4, -0.2) is 22.4 Å². The summed E-state index contributed by atoms with van der Waals surface area (Å²) in [5.74, 6) is 0.619. The highest BCUT2D eigenvalue weighted by Gasteiger charge is 2.13. The Morgan fingerprint density at radius 2 is 2.00 bits per heavy atom. The molecule has 0 bridgehead atoms. The van der Waals surface area contributed by atoms with Gasteiger partial charge in [0.15, 0.2) is 4.96 Å². The molecule has 0 saturated carbocycles. The smallest absolute Gasteiger partial charge is 0.228 e. The van der Waals surface area contributed by atoms with E-state index in [9.17, 15) is 4.79 Å². The number of nitrogens with zero attached hydrogens (tertiary/aromatic N) is 2. The fourth-order valence-corrected chi connectivity index (χ4v) is 3.59. The number of aromatic nitrogens is 2. The van der Waals surface area contributed by atoms with E-state index in [0.29, 0.717) is 5.75 Å². The predicted octanol–water partition coefficient (Wildman–Crippen LogP) is 4.25. The first-order valence-corrected chi connectivity index (χ1v) is 9.06. The van der Waals surface area contributed by atoms with Crippen molar-refractivity contribution in [1.82, 2.24) is 9.38 Å². The predicted molar refractivity (Wildman–Crippen MR) is 104 cm³/mol. The number of amides is 1. The number of benzene rings is 2. The molecule has 1 amide bonds. The normalized spacial score (nSPS) is 10.8. The third-order valence-electron chi connectivity index (χ3n) is 4.11. The number of methoxy groups -OCH3 is 1. The summed E-state index contributed by atoms with van der Waals surface area (Å²) < 4.78 is 7.30. The minimum atomic E-state index is -0.0945. The van der Waals surface area contributed by atoms with Gasteiger partial charge >= 0.3 is 0 Å². The van der Waals surface area contributed by atoms with Crippen LogP contribution in [-0.2, 0) is 11.2 Å². The molecule has 5 nitrogen and oxygen atoms in total. The number of thiazole rings is 1. The van der Waals surface area contributed by atoms with E-state index in [-0.39, 0.29) is 12.3 Å². The van der Waals surface area contributed by atoms with E-state index in [1.807, 2.05) is 70.7 Å². The van der Waals surface area contributed by atoms with Crippen LogP contribution in [0.5, 0.6) is 5.75 Å². The highest BCUT2D eigenvalue weighted by molar-refractivity contribution is 7.15. The zero-order chi connectivity index (χ0) is 17.9. The molecule has 0 aliphatic rings. The van der Waals surface area contributed by atoms with Crippen molar-refractivity contribution in [3.8, 4) is 17.0 Å². The molecule has 6 heteroatoms. The number of carbonyl (C=O) groups excluding carboxylic acids is 1. The third kappa shape index (κ3) is 3.19. The van der Waals surface area contributed by atoms with Gasteiger partial charge in [0.2, 0.25) is 5.91 Å². The lowest BCUT2D eigenvalue weighted by Gasteiger charge is -2.11. The Morgan fingerprint density at radius 1 is 1.19 bits per heavy atom. The zero-order valence-electron chi connectivity index (χ0n) is 14.2. The zero-order valence-corrected chi connectivity index (χ0v) is 15.0. The lowest BCUT2D eigenvalue weighted by Crippen LogP contribution is -2.15. The molecule has 2 aromatic heterocycles. The molecule has 0 atom stereocenters. The van der Waals surface area contributed by atoms with Gasteiger partial charge in [-0.1, -0.05) is 36.4 Å². The average molecular weight is 363 g/mol. The largest absolute Gasteiger partial charge is 0.496 e. The van der Waals surface area contributed by atoms with E-state index < -0.39 is 0 Å². The molecule has 2 heterocycles. The van der Waals surface area contributed by atoms with Gasteiger partial charge in [-0.2, -0.15) is 0 Å². The molecule has 0 radical (unpaired) electrons. The number of anilines is 1. The summed E-state index contributed by atoms with van der Waals surface area (Å²) >= 11 is 1.58. The fraction of sp³-hybridized carbons (Fsp3) is 0.100. The quantitative estimate of drug-likeness (QED) is 0.577. The van der Waals surface area contributed by atoms with Crippen molar-refractivity contribution in [2.24, 2.45) is 0 Å². The van der Waals surface area contributed by atoms with Crippen LogP contribution in [0.15, 0.2) is 66.3 Å². The number of carbonyl (C=O) groups is 1. The van der Waals surface area contributed by atoms with Gasteiger partial charge in [0.05, 0.1) is 24.9 Å². The summed E-state index contributed by atoms with van der Waals surface area (Å²) in [6.45, 7) is 0. The van der Waals surface area contributed by atoms with E-state index in [1.165, 1.54) is 0 Å². The molecule has 0 fully saturated rings. The summed E-state index contributed by atoms with van der Waals surface area (Å²) in [5, 5.41) is 5.00. The number of nitrogens with one attached hydrogen (secondary N) is 1.